The average molecular weight is 434 g/mol. The van der Waals surface area contributed by atoms with Crippen LogP contribution in [0.1, 0.15) is 12.6 Å². The molecule has 11 heteroatoms. The number of amides is 1. The van der Waals surface area contributed by atoms with Gasteiger partial charge in [0.15, 0.2) is 12.0 Å². The highest BCUT2D eigenvalue weighted by molar-refractivity contribution is 5.90. The quantitative estimate of drug-likeness (QED) is 0.283. The summed E-state index contributed by atoms with van der Waals surface area (Å²) >= 11 is 0. The van der Waals surface area contributed by atoms with Crippen molar-refractivity contribution >= 4 is 17.6 Å². The van der Waals surface area contributed by atoms with Gasteiger partial charge in [-0.05, 0) is 44.2 Å². The molecule has 1 atom stereocenters. The van der Waals surface area contributed by atoms with Crippen LogP contribution in [0, 0.1) is 24.2 Å². The second-order valence-corrected chi connectivity index (χ2v) is 7.12. The van der Waals surface area contributed by atoms with Crippen molar-refractivity contribution in [2.24, 2.45) is 4.99 Å². The van der Waals surface area contributed by atoms with Gasteiger partial charge in [-0.25, -0.2) is 14.2 Å². The Morgan fingerprint density at radius 3 is 2.88 bits per heavy atom. The Morgan fingerprint density at radius 1 is 1.38 bits per heavy atom. The number of cyclic esters (lactones) is 1. The summed E-state index contributed by atoms with van der Waals surface area (Å²) in [5, 5.41) is 19.3. The number of benzene rings is 1. The molecule has 1 saturated heterocycles. The van der Waals surface area contributed by atoms with Crippen LogP contribution in [0.2, 0.25) is 0 Å². The molecule has 1 aromatic carbocycles. The lowest BCUT2D eigenvalue weighted by molar-refractivity contribution is 0.145. The van der Waals surface area contributed by atoms with E-state index in [1.165, 1.54) is 15.8 Å². The number of pyridine rings is 1. The summed E-state index contributed by atoms with van der Waals surface area (Å²) in [7, 11) is 0. The van der Waals surface area contributed by atoms with Crippen molar-refractivity contribution in [3.63, 3.8) is 0 Å². The number of hydrogen-bond donors (Lipinski definition) is 1. The normalized spacial score (nSPS) is 16.1. The van der Waals surface area contributed by atoms with Crippen LogP contribution < -0.4 is 10.2 Å². The van der Waals surface area contributed by atoms with E-state index in [1.807, 2.05) is 6.92 Å². The van der Waals surface area contributed by atoms with Crippen LogP contribution in [0.15, 0.2) is 47.7 Å². The third-order valence-corrected chi connectivity index (χ3v) is 4.78. The largest absolute Gasteiger partial charge is 0.442 e. The molecule has 162 valence electrons. The third kappa shape index (κ3) is 4.39. The molecule has 3 aromatic rings. The van der Waals surface area contributed by atoms with Crippen LogP contribution in [0.3, 0.4) is 0 Å². The van der Waals surface area contributed by atoms with E-state index in [9.17, 15) is 9.18 Å². The van der Waals surface area contributed by atoms with Gasteiger partial charge in [-0.1, -0.05) is 0 Å². The van der Waals surface area contributed by atoms with E-state index in [1.54, 1.807) is 49.8 Å². The van der Waals surface area contributed by atoms with Crippen molar-refractivity contribution in [2.45, 2.75) is 20.0 Å². The highest BCUT2D eigenvalue weighted by atomic mass is 19.1. The van der Waals surface area contributed by atoms with Gasteiger partial charge in [0.25, 0.3) is 0 Å². The number of ether oxygens (including phenoxy) is 1. The first kappa shape index (κ1) is 20.9. The van der Waals surface area contributed by atoms with Gasteiger partial charge in [-0.2, -0.15) is 15.5 Å². The standard InChI is InChI=1S/C21H19FN8O2/c1-13-8-27-30(28-13)20-6-3-15(9-25-20)18-5-4-16(7-19(18)22)29-11-17(32-21(29)31)10-24-14(2)26-12-23/h3-9,17H,10-11H2,1-2H3,(H,24,26)/t17-/m0/s1. The van der Waals surface area contributed by atoms with Crippen molar-refractivity contribution in [2.75, 3.05) is 18.0 Å². The van der Waals surface area contributed by atoms with Gasteiger partial charge >= 0.3 is 6.09 Å². The van der Waals surface area contributed by atoms with Crippen molar-refractivity contribution in [3.05, 3.63) is 54.2 Å². The van der Waals surface area contributed by atoms with Gasteiger partial charge in [0.1, 0.15) is 17.8 Å². The van der Waals surface area contributed by atoms with Crippen LogP contribution >= 0.6 is 0 Å². The number of hydrogen-bond acceptors (Lipinski definition) is 7. The number of amidine groups is 1. The molecule has 1 amide bonds. The van der Waals surface area contributed by atoms with E-state index in [0.717, 1.165) is 5.69 Å². The summed E-state index contributed by atoms with van der Waals surface area (Å²) in [6, 6.07) is 7.97. The van der Waals surface area contributed by atoms with E-state index >= 15 is 0 Å². The lowest BCUT2D eigenvalue weighted by atomic mass is 10.1. The van der Waals surface area contributed by atoms with E-state index in [-0.39, 0.29) is 13.1 Å². The number of aliphatic imine (C=N–C) groups is 1. The van der Waals surface area contributed by atoms with Gasteiger partial charge in [0.2, 0.25) is 0 Å². The molecule has 0 unspecified atom stereocenters. The number of halogens is 1. The van der Waals surface area contributed by atoms with Crippen molar-refractivity contribution in [3.8, 4) is 23.1 Å². The Labute approximate surface area is 183 Å². The number of rotatable bonds is 5. The molecule has 1 aliphatic rings. The van der Waals surface area contributed by atoms with Crippen LogP contribution in [0.25, 0.3) is 16.9 Å². The molecule has 10 nitrogen and oxygen atoms in total. The molecular weight excluding hydrogens is 415 g/mol. The zero-order valence-corrected chi connectivity index (χ0v) is 17.4. The number of carbonyl (C=O) groups excluding carboxylic acids is 1. The van der Waals surface area contributed by atoms with Gasteiger partial charge in [0.05, 0.1) is 30.7 Å². The summed E-state index contributed by atoms with van der Waals surface area (Å²) in [4.78, 5) is 23.4. The number of nitriles is 1. The summed E-state index contributed by atoms with van der Waals surface area (Å²) in [5.74, 6) is 0.455. The Balaban J connectivity index is 1.48. The fourth-order valence-electron chi connectivity index (χ4n) is 3.21. The molecule has 32 heavy (non-hydrogen) atoms. The highest BCUT2D eigenvalue weighted by Gasteiger charge is 2.32. The molecule has 0 radical (unpaired) electrons. The molecule has 1 N–H and O–H groups in total. The molecule has 0 saturated carbocycles. The fraction of sp³-hybridized carbons (Fsp3) is 0.238. The predicted octanol–water partition coefficient (Wildman–Crippen LogP) is 2.59. The maximum Gasteiger partial charge on any atom is 0.414 e. The lowest BCUT2D eigenvalue weighted by Crippen LogP contribution is -2.25. The second-order valence-electron chi connectivity index (χ2n) is 7.12. The third-order valence-electron chi connectivity index (χ3n) is 4.78. The van der Waals surface area contributed by atoms with Gasteiger partial charge in [-0.15, -0.1) is 4.80 Å². The van der Waals surface area contributed by atoms with Crippen molar-refractivity contribution < 1.29 is 13.9 Å². The highest BCUT2D eigenvalue weighted by Crippen LogP contribution is 2.29. The lowest BCUT2D eigenvalue weighted by Gasteiger charge is -2.14. The van der Waals surface area contributed by atoms with Crippen LogP contribution in [-0.2, 0) is 4.74 Å². The average Bonchev–Trinajstić information content (AvgIpc) is 3.38. The first-order valence-electron chi connectivity index (χ1n) is 9.74. The molecule has 3 heterocycles. The van der Waals surface area contributed by atoms with E-state index in [4.69, 9.17) is 10.00 Å². The summed E-state index contributed by atoms with van der Waals surface area (Å²) in [5.41, 5.74) is 2.08. The number of carbonyl (C=O) groups is 1. The number of nitrogens with zero attached hydrogens (tertiary/aromatic N) is 7. The maximum atomic E-state index is 14.9. The second kappa shape index (κ2) is 8.81. The number of nitrogens with one attached hydrogen (secondary N) is 1. The molecule has 4 rings (SSSR count). The molecule has 1 fully saturated rings. The number of aryl methyl sites for hydroxylation is 1. The Hall–Kier alpha value is -4.33. The van der Waals surface area contributed by atoms with Crippen LogP contribution in [0.4, 0.5) is 14.9 Å². The zero-order chi connectivity index (χ0) is 22.7. The zero-order valence-electron chi connectivity index (χ0n) is 17.4. The summed E-state index contributed by atoms with van der Waals surface area (Å²) in [6.45, 7) is 3.90. The number of anilines is 1. The summed E-state index contributed by atoms with van der Waals surface area (Å²) in [6.07, 6.45) is 3.88. The predicted molar refractivity (Wildman–Crippen MR) is 114 cm³/mol. The minimum absolute atomic E-state index is 0.200. The number of aromatic nitrogens is 4. The van der Waals surface area contributed by atoms with Crippen molar-refractivity contribution in [1.82, 2.24) is 25.3 Å². The van der Waals surface area contributed by atoms with Crippen molar-refractivity contribution in [1.29, 1.82) is 5.26 Å². The molecule has 0 spiro atoms. The van der Waals surface area contributed by atoms with E-state index in [2.05, 4.69) is 25.5 Å². The van der Waals surface area contributed by atoms with Gasteiger partial charge in [0, 0.05) is 17.3 Å². The smallest absolute Gasteiger partial charge is 0.414 e. The Morgan fingerprint density at radius 2 is 2.22 bits per heavy atom. The Kier molecular flexibility index (Phi) is 5.76. The Bertz CT molecular complexity index is 1220. The molecule has 0 bridgehead atoms. The van der Waals surface area contributed by atoms with Crippen LogP contribution in [-0.4, -0.2) is 51.1 Å². The van der Waals surface area contributed by atoms with Crippen LogP contribution in [0.5, 0.6) is 0 Å². The SMILES string of the molecule is CC(=NC[C@H]1CN(c2ccc(-c3ccc(-n4ncc(C)n4)nc3)c(F)c2)C(=O)O1)NC#N. The molecule has 2 aromatic heterocycles. The monoisotopic (exact) mass is 434 g/mol. The minimum atomic E-state index is -0.573. The summed E-state index contributed by atoms with van der Waals surface area (Å²) < 4.78 is 20.2. The molecular formula is C21H19FN8O2. The minimum Gasteiger partial charge on any atom is -0.442 e. The topological polar surface area (TPSA) is 121 Å². The molecule has 0 aliphatic carbocycles. The van der Waals surface area contributed by atoms with Gasteiger partial charge < -0.3 is 4.74 Å². The maximum absolute atomic E-state index is 14.9. The van der Waals surface area contributed by atoms with E-state index in [0.29, 0.717) is 28.5 Å². The van der Waals surface area contributed by atoms with E-state index < -0.39 is 18.0 Å². The van der Waals surface area contributed by atoms with Gasteiger partial charge in [-0.3, -0.25) is 15.2 Å². The first-order valence-corrected chi connectivity index (χ1v) is 9.74. The fourth-order valence-corrected chi connectivity index (χ4v) is 3.21. The molecule has 1 aliphatic heterocycles. The first-order chi connectivity index (χ1) is 15.4.